The van der Waals surface area contributed by atoms with E-state index in [2.05, 4.69) is 0 Å². The second kappa shape index (κ2) is 5.81. The Morgan fingerprint density at radius 3 is 2.55 bits per heavy atom. The molecule has 1 amide bonds. The van der Waals surface area contributed by atoms with Gasteiger partial charge in [0.15, 0.2) is 0 Å². The Labute approximate surface area is 130 Å². The fraction of sp³-hybridized carbons (Fsp3) is 0.278. The zero-order chi connectivity index (χ0) is 15.7. The standard InChI is InChI=1S/C18H20N2O2/c1-12-11-16(19)15-5-3-4-6-17(15)20(12)18(21)13-7-9-14(22-2)10-8-13/h3-10,12,16H,11,19H2,1-2H3. The predicted octanol–water partition coefficient (Wildman–Crippen LogP) is 3.13. The monoisotopic (exact) mass is 296 g/mol. The van der Waals surface area contributed by atoms with E-state index in [-0.39, 0.29) is 18.0 Å². The van der Waals surface area contributed by atoms with Gasteiger partial charge in [0, 0.05) is 23.3 Å². The maximum absolute atomic E-state index is 12.9. The van der Waals surface area contributed by atoms with E-state index < -0.39 is 0 Å². The van der Waals surface area contributed by atoms with Crippen LogP contribution < -0.4 is 15.4 Å². The summed E-state index contributed by atoms with van der Waals surface area (Å²) in [6.45, 7) is 2.04. The molecule has 2 aromatic carbocycles. The fourth-order valence-corrected chi connectivity index (χ4v) is 3.04. The van der Waals surface area contributed by atoms with Gasteiger partial charge in [-0.1, -0.05) is 18.2 Å². The van der Waals surface area contributed by atoms with E-state index in [1.807, 2.05) is 36.1 Å². The second-order valence-electron chi connectivity index (χ2n) is 5.65. The van der Waals surface area contributed by atoms with Crippen molar-refractivity contribution in [3.05, 3.63) is 59.7 Å². The van der Waals surface area contributed by atoms with E-state index in [4.69, 9.17) is 10.5 Å². The molecule has 0 aliphatic carbocycles. The van der Waals surface area contributed by atoms with Crippen LogP contribution in [0.2, 0.25) is 0 Å². The van der Waals surface area contributed by atoms with Gasteiger partial charge in [0.2, 0.25) is 0 Å². The number of ether oxygens (including phenoxy) is 1. The number of methoxy groups -OCH3 is 1. The first-order valence-corrected chi connectivity index (χ1v) is 7.44. The number of benzene rings is 2. The van der Waals surface area contributed by atoms with Crippen LogP contribution in [0.3, 0.4) is 0 Å². The van der Waals surface area contributed by atoms with Gasteiger partial charge in [0.25, 0.3) is 5.91 Å². The molecular formula is C18H20N2O2. The van der Waals surface area contributed by atoms with Gasteiger partial charge < -0.3 is 15.4 Å². The number of hydrogen-bond donors (Lipinski definition) is 1. The summed E-state index contributed by atoms with van der Waals surface area (Å²) in [4.78, 5) is 14.8. The van der Waals surface area contributed by atoms with Crippen molar-refractivity contribution < 1.29 is 9.53 Å². The molecule has 1 aliphatic rings. The van der Waals surface area contributed by atoms with E-state index in [1.54, 1.807) is 31.4 Å². The minimum Gasteiger partial charge on any atom is -0.497 e. The molecule has 0 aromatic heterocycles. The molecule has 0 saturated heterocycles. The van der Waals surface area contributed by atoms with Crippen LogP contribution in [-0.4, -0.2) is 19.1 Å². The summed E-state index contributed by atoms with van der Waals surface area (Å²) < 4.78 is 5.14. The van der Waals surface area contributed by atoms with E-state index in [9.17, 15) is 4.79 Å². The molecule has 0 radical (unpaired) electrons. The molecule has 0 spiro atoms. The zero-order valence-electron chi connectivity index (χ0n) is 12.8. The summed E-state index contributed by atoms with van der Waals surface area (Å²) in [6, 6.07) is 15.1. The highest BCUT2D eigenvalue weighted by atomic mass is 16.5. The molecule has 4 nitrogen and oxygen atoms in total. The number of hydrogen-bond acceptors (Lipinski definition) is 3. The molecule has 3 rings (SSSR count). The van der Waals surface area contributed by atoms with Crippen molar-refractivity contribution in [3.8, 4) is 5.75 Å². The van der Waals surface area contributed by atoms with Crippen molar-refractivity contribution >= 4 is 11.6 Å². The molecule has 2 unspecified atom stereocenters. The Morgan fingerprint density at radius 2 is 1.86 bits per heavy atom. The lowest BCUT2D eigenvalue weighted by Crippen LogP contribution is -2.44. The van der Waals surface area contributed by atoms with E-state index >= 15 is 0 Å². The number of para-hydroxylation sites is 1. The Kier molecular flexibility index (Phi) is 3.86. The molecule has 2 N–H and O–H groups in total. The highest BCUT2D eigenvalue weighted by Gasteiger charge is 2.32. The topological polar surface area (TPSA) is 55.6 Å². The number of fused-ring (bicyclic) bond motifs is 1. The summed E-state index contributed by atoms with van der Waals surface area (Å²) in [5, 5.41) is 0. The van der Waals surface area contributed by atoms with Gasteiger partial charge in [-0.15, -0.1) is 0 Å². The van der Waals surface area contributed by atoms with Crippen LogP contribution in [0.4, 0.5) is 5.69 Å². The van der Waals surface area contributed by atoms with Crippen molar-refractivity contribution in [3.63, 3.8) is 0 Å². The maximum atomic E-state index is 12.9. The minimum absolute atomic E-state index is 0.00509. The smallest absolute Gasteiger partial charge is 0.258 e. The average molecular weight is 296 g/mol. The van der Waals surface area contributed by atoms with Crippen LogP contribution in [0.25, 0.3) is 0 Å². The number of carbonyl (C=O) groups is 1. The second-order valence-corrected chi connectivity index (χ2v) is 5.65. The van der Waals surface area contributed by atoms with Crippen molar-refractivity contribution in [2.75, 3.05) is 12.0 Å². The maximum Gasteiger partial charge on any atom is 0.258 e. The largest absolute Gasteiger partial charge is 0.497 e. The van der Waals surface area contributed by atoms with Gasteiger partial charge in [-0.3, -0.25) is 4.79 Å². The summed E-state index contributed by atoms with van der Waals surface area (Å²) in [5.41, 5.74) is 8.81. The van der Waals surface area contributed by atoms with Crippen LogP contribution in [-0.2, 0) is 0 Å². The van der Waals surface area contributed by atoms with Gasteiger partial charge in [-0.2, -0.15) is 0 Å². The van der Waals surface area contributed by atoms with E-state index in [1.165, 1.54) is 0 Å². The van der Waals surface area contributed by atoms with Crippen LogP contribution in [0.15, 0.2) is 48.5 Å². The molecular weight excluding hydrogens is 276 g/mol. The van der Waals surface area contributed by atoms with Crippen molar-refractivity contribution in [1.29, 1.82) is 0 Å². The molecule has 2 aromatic rings. The van der Waals surface area contributed by atoms with Gasteiger partial charge in [-0.05, 0) is 49.2 Å². The highest BCUT2D eigenvalue weighted by molar-refractivity contribution is 6.07. The average Bonchev–Trinajstić information content (AvgIpc) is 2.55. The number of nitrogens with two attached hydrogens (primary N) is 1. The lowest BCUT2D eigenvalue weighted by atomic mass is 9.92. The minimum atomic E-state index is -0.0221. The quantitative estimate of drug-likeness (QED) is 0.926. The van der Waals surface area contributed by atoms with Crippen LogP contribution >= 0.6 is 0 Å². The Morgan fingerprint density at radius 1 is 1.18 bits per heavy atom. The highest BCUT2D eigenvalue weighted by Crippen LogP contribution is 2.36. The van der Waals surface area contributed by atoms with Crippen LogP contribution in [0, 0.1) is 0 Å². The lowest BCUT2D eigenvalue weighted by Gasteiger charge is -2.38. The normalized spacial score (nSPS) is 20.4. The predicted molar refractivity (Wildman–Crippen MR) is 87.3 cm³/mol. The summed E-state index contributed by atoms with van der Waals surface area (Å²) in [7, 11) is 1.61. The van der Waals surface area contributed by atoms with Crippen molar-refractivity contribution in [1.82, 2.24) is 0 Å². The van der Waals surface area contributed by atoms with Crippen molar-refractivity contribution in [2.45, 2.75) is 25.4 Å². The van der Waals surface area contributed by atoms with Gasteiger partial charge >= 0.3 is 0 Å². The Hall–Kier alpha value is -2.33. The molecule has 22 heavy (non-hydrogen) atoms. The summed E-state index contributed by atoms with van der Waals surface area (Å²) in [5.74, 6) is 0.736. The molecule has 0 fully saturated rings. The first-order valence-electron chi connectivity index (χ1n) is 7.44. The molecule has 0 saturated carbocycles. The SMILES string of the molecule is COc1ccc(C(=O)N2c3ccccc3C(N)CC2C)cc1. The molecule has 1 heterocycles. The molecule has 0 bridgehead atoms. The molecule has 1 aliphatic heterocycles. The van der Waals surface area contributed by atoms with E-state index in [0.29, 0.717) is 5.56 Å². The molecule has 2 atom stereocenters. The third-order valence-corrected chi connectivity index (χ3v) is 4.19. The molecule has 4 heteroatoms. The van der Waals surface area contributed by atoms with E-state index in [0.717, 1.165) is 23.4 Å². The number of rotatable bonds is 2. The Balaban J connectivity index is 1.99. The van der Waals surface area contributed by atoms with Gasteiger partial charge in [0.1, 0.15) is 5.75 Å². The first-order chi connectivity index (χ1) is 10.6. The fourth-order valence-electron chi connectivity index (χ4n) is 3.04. The number of anilines is 1. The Bertz CT molecular complexity index is 682. The first kappa shape index (κ1) is 14.6. The van der Waals surface area contributed by atoms with Gasteiger partial charge in [-0.25, -0.2) is 0 Å². The van der Waals surface area contributed by atoms with Crippen molar-refractivity contribution in [2.24, 2.45) is 5.73 Å². The summed E-state index contributed by atoms with van der Waals surface area (Å²) in [6.07, 6.45) is 0.763. The third-order valence-electron chi connectivity index (χ3n) is 4.19. The summed E-state index contributed by atoms with van der Waals surface area (Å²) >= 11 is 0. The van der Waals surface area contributed by atoms with Crippen LogP contribution in [0.5, 0.6) is 5.75 Å². The number of carbonyl (C=O) groups excluding carboxylic acids is 1. The van der Waals surface area contributed by atoms with Crippen LogP contribution in [0.1, 0.15) is 35.3 Å². The zero-order valence-corrected chi connectivity index (χ0v) is 12.8. The number of amides is 1. The number of nitrogens with zero attached hydrogens (tertiary/aromatic N) is 1. The third kappa shape index (κ3) is 2.46. The molecule has 114 valence electrons. The lowest BCUT2D eigenvalue weighted by molar-refractivity contribution is 0.0973. The van der Waals surface area contributed by atoms with Gasteiger partial charge in [0.05, 0.1) is 7.11 Å².